The third-order valence-corrected chi connectivity index (χ3v) is 4.32. The van der Waals surface area contributed by atoms with Gasteiger partial charge in [0.1, 0.15) is 5.75 Å². The molecular weight excluding hydrogens is 333 g/mol. The van der Waals surface area contributed by atoms with Crippen molar-refractivity contribution in [2.45, 2.75) is 0 Å². The second-order valence-electron chi connectivity index (χ2n) is 6.11. The molecule has 3 nitrogen and oxygen atoms in total. The van der Waals surface area contributed by atoms with Crippen LogP contribution in [0.25, 0.3) is 33.6 Å². The molecular formula is C23H17BNO2. The Morgan fingerprint density at radius 1 is 0.593 bits per heavy atom. The fraction of sp³-hybridized carbons (Fsp3) is 0. The standard InChI is InChI=1S/C23H17BNO2/c26-24-27-21-13-7-12-19(14-21)23-16-20(17-8-3-1-4-9-17)15-22(25-23)18-10-5-2-6-11-18/h1-16,26H. The first-order valence-electron chi connectivity index (χ1n) is 8.69. The number of aromatic nitrogens is 1. The molecule has 4 heteroatoms. The van der Waals surface area contributed by atoms with Crippen molar-refractivity contribution in [3.05, 3.63) is 97.1 Å². The third kappa shape index (κ3) is 3.91. The molecule has 0 amide bonds. The normalized spacial score (nSPS) is 10.4. The summed E-state index contributed by atoms with van der Waals surface area (Å²) >= 11 is 0. The van der Waals surface area contributed by atoms with Gasteiger partial charge in [-0.15, -0.1) is 0 Å². The Hall–Kier alpha value is -3.37. The zero-order chi connectivity index (χ0) is 18.5. The fourth-order valence-corrected chi connectivity index (χ4v) is 3.02. The van der Waals surface area contributed by atoms with Crippen LogP contribution in [-0.4, -0.2) is 17.7 Å². The van der Waals surface area contributed by atoms with Gasteiger partial charge in [0, 0.05) is 11.1 Å². The highest BCUT2D eigenvalue weighted by molar-refractivity contribution is 6.17. The van der Waals surface area contributed by atoms with Crippen molar-refractivity contribution in [1.29, 1.82) is 0 Å². The van der Waals surface area contributed by atoms with E-state index in [2.05, 4.69) is 36.4 Å². The van der Waals surface area contributed by atoms with Crippen LogP contribution in [-0.2, 0) is 0 Å². The third-order valence-electron chi connectivity index (χ3n) is 4.32. The largest absolute Gasteiger partial charge is 0.569 e. The number of benzene rings is 3. The summed E-state index contributed by atoms with van der Waals surface area (Å²) in [5.74, 6) is 0.558. The van der Waals surface area contributed by atoms with Gasteiger partial charge in [-0.25, -0.2) is 4.98 Å². The minimum absolute atomic E-state index is 0.558. The van der Waals surface area contributed by atoms with Gasteiger partial charge in [0.25, 0.3) is 0 Å². The predicted octanol–water partition coefficient (Wildman–Crippen LogP) is 4.99. The Labute approximate surface area is 159 Å². The second kappa shape index (κ2) is 7.89. The Bertz CT molecular complexity index is 979. The van der Waals surface area contributed by atoms with E-state index in [1.165, 1.54) is 0 Å². The van der Waals surface area contributed by atoms with Crippen LogP contribution < -0.4 is 4.65 Å². The molecule has 1 heterocycles. The highest BCUT2D eigenvalue weighted by Crippen LogP contribution is 2.31. The van der Waals surface area contributed by atoms with Crippen molar-refractivity contribution >= 4 is 7.69 Å². The lowest BCUT2D eigenvalue weighted by molar-refractivity contribution is 0.454. The van der Waals surface area contributed by atoms with Gasteiger partial charge in [-0.3, -0.25) is 0 Å². The number of pyridine rings is 1. The summed E-state index contributed by atoms with van der Waals surface area (Å²) in [7, 11) is 0.683. The van der Waals surface area contributed by atoms with Crippen molar-refractivity contribution < 1.29 is 9.68 Å². The quantitative estimate of drug-likeness (QED) is 0.516. The van der Waals surface area contributed by atoms with Crippen molar-refractivity contribution in [3.63, 3.8) is 0 Å². The summed E-state index contributed by atoms with van der Waals surface area (Å²) in [5.41, 5.74) is 5.97. The van der Waals surface area contributed by atoms with E-state index in [9.17, 15) is 0 Å². The lowest BCUT2D eigenvalue weighted by Crippen LogP contribution is -1.99. The average Bonchev–Trinajstić information content (AvgIpc) is 2.75. The summed E-state index contributed by atoms with van der Waals surface area (Å²) in [6, 6.07) is 32.1. The van der Waals surface area contributed by atoms with Crippen molar-refractivity contribution in [2.75, 3.05) is 0 Å². The SMILES string of the molecule is O[B]Oc1cccc(-c2cc(-c3ccccc3)cc(-c3ccccc3)n2)c1. The Kier molecular flexibility index (Phi) is 4.99. The van der Waals surface area contributed by atoms with Gasteiger partial charge in [-0.05, 0) is 35.4 Å². The Morgan fingerprint density at radius 3 is 1.85 bits per heavy atom. The van der Waals surface area contributed by atoms with E-state index in [1.54, 1.807) is 6.07 Å². The van der Waals surface area contributed by atoms with Gasteiger partial charge < -0.3 is 9.68 Å². The van der Waals surface area contributed by atoms with Gasteiger partial charge in [-0.2, -0.15) is 0 Å². The number of rotatable bonds is 5. The molecule has 27 heavy (non-hydrogen) atoms. The zero-order valence-electron chi connectivity index (χ0n) is 14.6. The number of hydrogen-bond donors (Lipinski definition) is 1. The van der Waals surface area contributed by atoms with Gasteiger partial charge in [0.05, 0.1) is 11.4 Å². The van der Waals surface area contributed by atoms with E-state index >= 15 is 0 Å². The first-order chi connectivity index (χ1) is 13.3. The van der Waals surface area contributed by atoms with E-state index in [4.69, 9.17) is 14.7 Å². The summed E-state index contributed by atoms with van der Waals surface area (Å²) in [6.07, 6.45) is 0. The van der Waals surface area contributed by atoms with Crippen LogP contribution in [0.3, 0.4) is 0 Å². The summed E-state index contributed by atoms with van der Waals surface area (Å²) in [6.45, 7) is 0. The monoisotopic (exact) mass is 350 g/mol. The maximum absolute atomic E-state index is 8.90. The molecule has 4 aromatic rings. The van der Waals surface area contributed by atoms with Gasteiger partial charge >= 0.3 is 7.69 Å². The molecule has 129 valence electrons. The lowest BCUT2D eigenvalue weighted by atomic mass is 10.00. The first kappa shape index (κ1) is 17.1. The van der Waals surface area contributed by atoms with E-state index in [0.29, 0.717) is 13.4 Å². The maximum Gasteiger partial charge on any atom is 0.569 e. The molecule has 0 aliphatic rings. The second-order valence-corrected chi connectivity index (χ2v) is 6.11. The Balaban J connectivity index is 1.87. The fourth-order valence-electron chi connectivity index (χ4n) is 3.02. The molecule has 0 saturated heterocycles. The van der Waals surface area contributed by atoms with Crippen molar-refractivity contribution in [3.8, 4) is 39.4 Å². The predicted molar refractivity (Wildman–Crippen MR) is 109 cm³/mol. The van der Waals surface area contributed by atoms with Crippen molar-refractivity contribution in [2.24, 2.45) is 0 Å². The van der Waals surface area contributed by atoms with Crippen LogP contribution in [0.4, 0.5) is 0 Å². The Morgan fingerprint density at radius 2 is 1.19 bits per heavy atom. The molecule has 0 aliphatic heterocycles. The van der Waals surface area contributed by atoms with E-state index < -0.39 is 0 Å². The molecule has 0 unspecified atom stereocenters. The molecule has 0 spiro atoms. The molecule has 3 aromatic carbocycles. The molecule has 1 radical (unpaired) electrons. The molecule has 4 rings (SSSR count). The molecule has 0 bridgehead atoms. The van der Waals surface area contributed by atoms with E-state index in [1.807, 2.05) is 54.6 Å². The molecule has 1 N–H and O–H groups in total. The van der Waals surface area contributed by atoms with Crippen LogP contribution in [0.5, 0.6) is 5.75 Å². The average molecular weight is 350 g/mol. The summed E-state index contributed by atoms with van der Waals surface area (Å²) in [4.78, 5) is 4.87. The van der Waals surface area contributed by atoms with E-state index in [-0.39, 0.29) is 0 Å². The molecule has 0 aliphatic carbocycles. The van der Waals surface area contributed by atoms with Crippen LogP contribution in [0, 0.1) is 0 Å². The smallest absolute Gasteiger partial charge is 0.537 e. The molecule has 0 saturated carbocycles. The van der Waals surface area contributed by atoms with Crippen molar-refractivity contribution in [1.82, 2.24) is 4.98 Å². The van der Waals surface area contributed by atoms with Gasteiger partial charge in [0.2, 0.25) is 0 Å². The minimum atomic E-state index is 0.558. The molecule has 0 atom stereocenters. The topological polar surface area (TPSA) is 42.4 Å². The summed E-state index contributed by atoms with van der Waals surface area (Å²) in [5, 5.41) is 8.90. The number of hydrogen-bond acceptors (Lipinski definition) is 3. The highest BCUT2D eigenvalue weighted by Gasteiger charge is 2.09. The molecule has 1 aromatic heterocycles. The zero-order valence-corrected chi connectivity index (χ0v) is 14.6. The maximum atomic E-state index is 8.90. The number of nitrogens with zero attached hydrogens (tertiary/aromatic N) is 1. The summed E-state index contributed by atoms with van der Waals surface area (Å²) < 4.78 is 5.10. The van der Waals surface area contributed by atoms with E-state index in [0.717, 1.165) is 33.6 Å². The lowest BCUT2D eigenvalue weighted by Gasteiger charge is -2.11. The highest BCUT2D eigenvalue weighted by atomic mass is 16.5. The first-order valence-corrected chi connectivity index (χ1v) is 8.69. The van der Waals surface area contributed by atoms with Crippen LogP contribution in [0.2, 0.25) is 0 Å². The van der Waals surface area contributed by atoms with Crippen LogP contribution >= 0.6 is 0 Å². The van der Waals surface area contributed by atoms with Crippen LogP contribution in [0.1, 0.15) is 0 Å². The minimum Gasteiger partial charge on any atom is -0.537 e. The van der Waals surface area contributed by atoms with Crippen LogP contribution in [0.15, 0.2) is 97.1 Å². The van der Waals surface area contributed by atoms with Gasteiger partial charge in [0.15, 0.2) is 0 Å². The molecule has 0 fully saturated rings. The van der Waals surface area contributed by atoms with Gasteiger partial charge in [-0.1, -0.05) is 72.8 Å².